The molecule has 1 fully saturated rings. The molecule has 0 radical (unpaired) electrons. The Hall–Kier alpha value is -3.13. The topological polar surface area (TPSA) is 86.4 Å². The molecule has 1 aromatic carbocycles. The van der Waals surface area contributed by atoms with E-state index < -0.39 is 5.41 Å². The van der Waals surface area contributed by atoms with Crippen molar-refractivity contribution >= 4 is 28.4 Å². The maximum absolute atomic E-state index is 13.7. The zero-order valence-electron chi connectivity index (χ0n) is 20.9. The average molecular weight is 465 g/mol. The molecule has 1 aliphatic rings. The van der Waals surface area contributed by atoms with E-state index in [2.05, 4.69) is 51.1 Å². The number of aromatic nitrogens is 3. The van der Waals surface area contributed by atoms with Gasteiger partial charge in [-0.05, 0) is 78.4 Å². The van der Waals surface area contributed by atoms with E-state index >= 15 is 0 Å². The van der Waals surface area contributed by atoms with Gasteiger partial charge in [-0.15, -0.1) is 0 Å². The summed E-state index contributed by atoms with van der Waals surface area (Å²) in [4.78, 5) is 30.3. The Balaban J connectivity index is 1.53. The number of amides is 1. The Morgan fingerprint density at radius 3 is 2.74 bits per heavy atom. The molecule has 1 aliphatic heterocycles. The van der Waals surface area contributed by atoms with Crippen LogP contribution in [0.15, 0.2) is 36.8 Å². The van der Waals surface area contributed by atoms with Gasteiger partial charge < -0.3 is 24.8 Å². The van der Waals surface area contributed by atoms with Crippen molar-refractivity contribution < 1.29 is 9.53 Å². The summed E-state index contributed by atoms with van der Waals surface area (Å²) in [5, 5.41) is 4.26. The van der Waals surface area contributed by atoms with E-state index in [0.29, 0.717) is 0 Å². The molecule has 0 atom stereocenters. The van der Waals surface area contributed by atoms with E-state index in [1.54, 1.807) is 6.33 Å². The molecule has 2 N–H and O–H groups in total. The van der Waals surface area contributed by atoms with Crippen LogP contribution in [0.25, 0.3) is 11.0 Å². The highest BCUT2D eigenvalue weighted by Crippen LogP contribution is 2.39. The number of nitrogens with one attached hydrogen (secondary N) is 2. The van der Waals surface area contributed by atoms with Gasteiger partial charge in [-0.3, -0.25) is 4.79 Å². The molecule has 34 heavy (non-hydrogen) atoms. The summed E-state index contributed by atoms with van der Waals surface area (Å²) < 4.78 is 5.81. The fraction of sp³-hybridized carbons (Fsp3) is 0.500. The summed E-state index contributed by atoms with van der Waals surface area (Å²) in [5.41, 5.74) is 2.33. The minimum absolute atomic E-state index is 0.0821. The van der Waals surface area contributed by atoms with Gasteiger partial charge in [-0.1, -0.05) is 6.07 Å². The third kappa shape index (κ3) is 5.17. The van der Waals surface area contributed by atoms with E-state index in [1.807, 2.05) is 44.3 Å². The summed E-state index contributed by atoms with van der Waals surface area (Å²) >= 11 is 0. The monoisotopic (exact) mass is 464 g/mol. The van der Waals surface area contributed by atoms with Gasteiger partial charge in [0.1, 0.15) is 23.5 Å². The zero-order chi connectivity index (χ0) is 24.3. The number of aromatic amines is 1. The van der Waals surface area contributed by atoms with Crippen LogP contribution in [0.1, 0.15) is 38.7 Å². The lowest BCUT2D eigenvalue weighted by Crippen LogP contribution is -2.48. The number of benzene rings is 1. The number of fused-ring (bicyclic) bond motifs is 1. The van der Waals surface area contributed by atoms with Crippen LogP contribution in [0, 0.1) is 12.3 Å². The number of nitrogens with zero attached hydrogens (tertiary/aromatic N) is 4. The quantitative estimate of drug-likeness (QED) is 0.519. The number of hydrogen-bond donors (Lipinski definition) is 2. The molecule has 3 aromatic rings. The van der Waals surface area contributed by atoms with Gasteiger partial charge >= 0.3 is 0 Å². The third-order valence-electron chi connectivity index (χ3n) is 6.65. The standard InChI is InChI=1S/C26H36N6O2/c1-18(2)34-21-8-6-7-20(15-21)30-25(33)26(9-12-31(4)5)10-13-32(14-11-26)24-22-19(3)16-27-23(22)28-17-29-24/h6-8,15-18H,9-14H2,1-5H3,(H,30,33)(H,27,28,29). The van der Waals surface area contributed by atoms with Crippen LogP contribution < -0.4 is 15.0 Å². The van der Waals surface area contributed by atoms with Crippen LogP contribution in [-0.2, 0) is 4.79 Å². The highest BCUT2D eigenvalue weighted by Gasteiger charge is 2.41. The van der Waals surface area contributed by atoms with Crippen molar-refractivity contribution in [2.24, 2.45) is 5.41 Å². The maximum atomic E-state index is 13.7. The number of anilines is 2. The molecule has 0 aliphatic carbocycles. The van der Waals surface area contributed by atoms with Crippen molar-refractivity contribution in [3.8, 4) is 5.75 Å². The van der Waals surface area contributed by atoms with Crippen molar-refractivity contribution in [2.45, 2.75) is 46.1 Å². The van der Waals surface area contributed by atoms with Crippen molar-refractivity contribution in [3.05, 3.63) is 42.4 Å². The molecule has 0 unspecified atom stereocenters. The first-order valence-electron chi connectivity index (χ1n) is 12.0. The highest BCUT2D eigenvalue weighted by atomic mass is 16.5. The van der Waals surface area contributed by atoms with E-state index in [4.69, 9.17) is 4.74 Å². The Bertz CT molecular complexity index is 1130. The molecule has 1 amide bonds. The Morgan fingerprint density at radius 1 is 1.26 bits per heavy atom. The molecule has 0 bridgehead atoms. The van der Waals surface area contributed by atoms with Gasteiger partial charge in [-0.25, -0.2) is 9.97 Å². The summed E-state index contributed by atoms with van der Waals surface area (Å²) in [6, 6.07) is 7.66. The third-order valence-corrected chi connectivity index (χ3v) is 6.65. The number of hydrogen-bond acceptors (Lipinski definition) is 6. The SMILES string of the molecule is Cc1c[nH]c2ncnc(N3CCC(CCN(C)C)(C(=O)Nc4cccc(OC(C)C)c4)CC3)c12. The maximum Gasteiger partial charge on any atom is 0.230 e. The molecule has 0 spiro atoms. The molecule has 0 saturated carbocycles. The molecule has 8 nitrogen and oxygen atoms in total. The van der Waals surface area contributed by atoms with E-state index in [9.17, 15) is 4.79 Å². The Labute approximate surface area is 201 Å². The van der Waals surface area contributed by atoms with Gasteiger partial charge in [0.25, 0.3) is 0 Å². The Morgan fingerprint density at radius 2 is 2.03 bits per heavy atom. The molecule has 4 rings (SSSR count). The van der Waals surface area contributed by atoms with Crippen molar-refractivity contribution in [3.63, 3.8) is 0 Å². The van der Waals surface area contributed by atoms with Crippen molar-refractivity contribution in [2.75, 3.05) is 43.9 Å². The number of carbonyl (C=O) groups excluding carboxylic acids is 1. The van der Waals surface area contributed by atoms with Crippen LogP contribution in [0.3, 0.4) is 0 Å². The largest absolute Gasteiger partial charge is 0.491 e. The summed E-state index contributed by atoms with van der Waals surface area (Å²) in [7, 11) is 4.11. The van der Waals surface area contributed by atoms with Crippen molar-refractivity contribution in [1.29, 1.82) is 0 Å². The summed E-state index contributed by atoms with van der Waals surface area (Å²) in [6.45, 7) is 8.47. The molecule has 8 heteroatoms. The minimum atomic E-state index is -0.435. The first-order chi connectivity index (χ1) is 16.3. The molecular weight excluding hydrogens is 428 g/mol. The minimum Gasteiger partial charge on any atom is -0.491 e. The van der Waals surface area contributed by atoms with Crippen LogP contribution in [0.5, 0.6) is 5.75 Å². The van der Waals surface area contributed by atoms with Gasteiger partial charge in [-0.2, -0.15) is 0 Å². The first-order valence-corrected chi connectivity index (χ1v) is 12.0. The Kier molecular flexibility index (Phi) is 7.07. The number of H-pyrrole nitrogens is 1. The highest BCUT2D eigenvalue weighted by molar-refractivity contribution is 5.96. The number of piperidine rings is 1. The van der Waals surface area contributed by atoms with E-state index in [1.165, 1.54) is 0 Å². The molecular formula is C26H36N6O2. The first kappa shape index (κ1) is 24.0. The molecule has 2 aromatic heterocycles. The lowest BCUT2D eigenvalue weighted by atomic mass is 9.74. The number of ether oxygens (including phenoxy) is 1. The summed E-state index contributed by atoms with van der Waals surface area (Å²) in [5.74, 6) is 1.80. The predicted octanol–water partition coefficient (Wildman–Crippen LogP) is 4.23. The van der Waals surface area contributed by atoms with Gasteiger partial charge in [0.15, 0.2) is 0 Å². The number of rotatable bonds is 8. The fourth-order valence-corrected chi connectivity index (χ4v) is 4.70. The molecule has 1 saturated heterocycles. The van der Waals surface area contributed by atoms with Crippen LogP contribution in [0.4, 0.5) is 11.5 Å². The normalized spacial score (nSPS) is 15.8. The number of aryl methyl sites for hydroxylation is 1. The summed E-state index contributed by atoms with van der Waals surface area (Å²) in [6.07, 6.45) is 6.01. The second-order valence-electron chi connectivity index (χ2n) is 9.86. The van der Waals surface area contributed by atoms with Crippen molar-refractivity contribution in [1.82, 2.24) is 19.9 Å². The smallest absolute Gasteiger partial charge is 0.230 e. The van der Waals surface area contributed by atoms with Gasteiger partial charge in [0.05, 0.1) is 16.9 Å². The fourth-order valence-electron chi connectivity index (χ4n) is 4.70. The van der Waals surface area contributed by atoms with Crippen LogP contribution in [-0.4, -0.2) is 65.6 Å². The molecule has 182 valence electrons. The van der Waals surface area contributed by atoms with E-state index in [-0.39, 0.29) is 12.0 Å². The lowest BCUT2D eigenvalue weighted by Gasteiger charge is -2.41. The second kappa shape index (κ2) is 10.0. The van der Waals surface area contributed by atoms with E-state index in [0.717, 1.165) is 72.7 Å². The van der Waals surface area contributed by atoms with Gasteiger partial charge in [0.2, 0.25) is 5.91 Å². The lowest BCUT2D eigenvalue weighted by molar-refractivity contribution is -0.127. The van der Waals surface area contributed by atoms with Gasteiger partial charge in [0, 0.05) is 31.0 Å². The average Bonchev–Trinajstić information content (AvgIpc) is 3.19. The van der Waals surface area contributed by atoms with Crippen LogP contribution in [0.2, 0.25) is 0 Å². The predicted molar refractivity (Wildman–Crippen MR) is 137 cm³/mol. The number of carbonyl (C=O) groups is 1. The van der Waals surface area contributed by atoms with Crippen LogP contribution >= 0.6 is 0 Å². The molecule has 3 heterocycles. The second-order valence-corrected chi connectivity index (χ2v) is 9.86. The zero-order valence-corrected chi connectivity index (χ0v) is 20.9.